The van der Waals surface area contributed by atoms with Gasteiger partial charge in [0.15, 0.2) is 0 Å². The number of hydrogen-bond donors (Lipinski definition) is 1. The van der Waals surface area contributed by atoms with E-state index in [1.165, 1.54) is 17.0 Å². The minimum Gasteiger partial charge on any atom is -0.362 e. The minimum absolute atomic E-state index is 0.0747. The van der Waals surface area contributed by atoms with E-state index in [4.69, 9.17) is 4.74 Å². The van der Waals surface area contributed by atoms with Crippen LogP contribution in [0.1, 0.15) is 5.56 Å². The third kappa shape index (κ3) is 5.49. The molecule has 0 aliphatic heterocycles. The molecule has 6 heteroatoms. The molecule has 0 atom stereocenters. The number of halogens is 1. The molecule has 29 heavy (non-hydrogen) atoms. The highest BCUT2D eigenvalue weighted by Crippen LogP contribution is 2.25. The summed E-state index contributed by atoms with van der Waals surface area (Å²) in [7, 11) is 0. The Hall–Kier alpha value is -3.51. The van der Waals surface area contributed by atoms with E-state index in [1.54, 1.807) is 13.0 Å². The Kier molecular flexibility index (Phi) is 6.71. The predicted molar refractivity (Wildman–Crippen MR) is 111 cm³/mol. The van der Waals surface area contributed by atoms with E-state index in [0.717, 1.165) is 5.56 Å². The molecule has 0 spiro atoms. The molecular formula is C23H21FN2O3. The monoisotopic (exact) mass is 392 g/mol. The van der Waals surface area contributed by atoms with Gasteiger partial charge in [-0.1, -0.05) is 42.5 Å². The summed E-state index contributed by atoms with van der Waals surface area (Å²) in [6, 6.07) is 22.9. The summed E-state index contributed by atoms with van der Waals surface area (Å²) in [4.78, 5) is 26.3. The molecule has 0 unspecified atom stereocenters. The van der Waals surface area contributed by atoms with E-state index >= 15 is 0 Å². The summed E-state index contributed by atoms with van der Waals surface area (Å²) < 4.78 is 19.1. The Labute approximate surface area is 168 Å². The molecule has 0 saturated carbocycles. The Bertz CT molecular complexity index is 938. The van der Waals surface area contributed by atoms with Gasteiger partial charge in [0.25, 0.3) is 5.91 Å². The van der Waals surface area contributed by atoms with E-state index in [-0.39, 0.29) is 24.8 Å². The largest absolute Gasteiger partial charge is 0.362 e. The average molecular weight is 392 g/mol. The van der Waals surface area contributed by atoms with Crippen molar-refractivity contribution in [3.8, 4) is 0 Å². The molecule has 148 valence electrons. The first-order chi connectivity index (χ1) is 14.0. The van der Waals surface area contributed by atoms with Crippen LogP contribution in [0.2, 0.25) is 0 Å². The SMILES string of the molecule is Cc1ccc(NC(=O)COCC(=O)N(c2ccccc2)c2ccccc2)c(F)c1. The molecule has 5 nitrogen and oxygen atoms in total. The first-order valence-electron chi connectivity index (χ1n) is 9.11. The number of amides is 2. The molecule has 1 N–H and O–H groups in total. The summed E-state index contributed by atoms with van der Waals surface area (Å²) >= 11 is 0. The Morgan fingerprint density at radius 1 is 0.897 bits per heavy atom. The molecular weight excluding hydrogens is 371 g/mol. The van der Waals surface area contributed by atoms with Gasteiger partial charge in [-0.05, 0) is 48.9 Å². The second-order valence-electron chi connectivity index (χ2n) is 6.42. The molecule has 0 heterocycles. The summed E-state index contributed by atoms with van der Waals surface area (Å²) in [6.07, 6.45) is 0. The van der Waals surface area contributed by atoms with Crippen molar-refractivity contribution >= 4 is 28.9 Å². The fraction of sp³-hybridized carbons (Fsp3) is 0.130. The molecule has 3 rings (SSSR count). The molecule has 0 fully saturated rings. The summed E-state index contributed by atoms with van der Waals surface area (Å²) in [5, 5.41) is 2.44. The molecule has 0 radical (unpaired) electrons. The number of nitrogens with zero attached hydrogens (tertiary/aromatic N) is 1. The number of carbonyl (C=O) groups is 2. The highest BCUT2D eigenvalue weighted by molar-refractivity contribution is 6.01. The van der Waals surface area contributed by atoms with E-state index in [9.17, 15) is 14.0 Å². The van der Waals surface area contributed by atoms with Crippen LogP contribution in [-0.4, -0.2) is 25.0 Å². The molecule has 0 saturated heterocycles. The average Bonchev–Trinajstić information content (AvgIpc) is 2.72. The van der Waals surface area contributed by atoms with Crippen LogP contribution in [0.25, 0.3) is 0 Å². The maximum Gasteiger partial charge on any atom is 0.257 e. The lowest BCUT2D eigenvalue weighted by atomic mass is 10.2. The molecule has 3 aromatic rings. The number of ether oxygens (including phenoxy) is 1. The van der Waals surface area contributed by atoms with E-state index in [1.807, 2.05) is 60.7 Å². The number of anilines is 3. The van der Waals surface area contributed by atoms with Crippen molar-refractivity contribution in [1.82, 2.24) is 0 Å². The summed E-state index contributed by atoms with van der Waals surface area (Å²) in [5.74, 6) is -1.38. The van der Waals surface area contributed by atoms with Gasteiger partial charge in [0.1, 0.15) is 19.0 Å². The van der Waals surface area contributed by atoms with Gasteiger partial charge < -0.3 is 10.1 Å². The van der Waals surface area contributed by atoms with Crippen LogP contribution < -0.4 is 10.2 Å². The zero-order valence-corrected chi connectivity index (χ0v) is 16.0. The van der Waals surface area contributed by atoms with E-state index < -0.39 is 11.7 Å². The number of rotatable bonds is 7. The molecule has 0 bridgehead atoms. The normalized spacial score (nSPS) is 10.4. The lowest BCUT2D eigenvalue weighted by molar-refractivity contribution is -0.126. The second kappa shape index (κ2) is 9.61. The molecule has 3 aromatic carbocycles. The summed E-state index contributed by atoms with van der Waals surface area (Å²) in [6.45, 7) is 1.10. The van der Waals surface area contributed by atoms with Crippen LogP contribution in [0.15, 0.2) is 78.9 Å². The van der Waals surface area contributed by atoms with Crippen LogP contribution in [0, 0.1) is 12.7 Å². The number of aryl methyl sites for hydroxylation is 1. The van der Waals surface area contributed by atoms with E-state index in [2.05, 4.69) is 5.32 Å². The highest BCUT2D eigenvalue weighted by Gasteiger charge is 2.18. The minimum atomic E-state index is -0.536. The van der Waals surface area contributed by atoms with Crippen LogP contribution in [0.5, 0.6) is 0 Å². The third-order valence-electron chi connectivity index (χ3n) is 4.14. The topological polar surface area (TPSA) is 58.6 Å². The number of carbonyl (C=O) groups excluding carboxylic acids is 2. The van der Waals surface area contributed by atoms with Gasteiger partial charge in [0.05, 0.1) is 5.69 Å². The van der Waals surface area contributed by atoms with Crippen LogP contribution in [-0.2, 0) is 14.3 Å². The zero-order chi connectivity index (χ0) is 20.6. The maximum atomic E-state index is 13.8. The molecule has 2 amide bonds. The van der Waals surface area contributed by atoms with E-state index in [0.29, 0.717) is 11.4 Å². The number of nitrogens with one attached hydrogen (secondary N) is 1. The number of para-hydroxylation sites is 2. The first kappa shape index (κ1) is 20.2. The zero-order valence-electron chi connectivity index (χ0n) is 16.0. The lowest BCUT2D eigenvalue weighted by Crippen LogP contribution is -2.31. The molecule has 0 aromatic heterocycles. The van der Waals surface area contributed by atoms with Gasteiger partial charge in [0.2, 0.25) is 5.91 Å². The van der Waals surface area contributed by atoms with Crippen molar-refractivity contribution in [1.29, 1.82) is 0 Å². The van der Waals surface area contributed by atoms with Crippen molar-refractivity contribution in [3.63, 3.8) is 0 Å². The maximum absolute atomic E-state index is 13.8. The van der Waals surface area contributed by atoms with Gasteiger partial charge in [-0.25, -0.2) is 4.39 Å². The highest BCUT2D eigenvalue weighted by atomic mass is 19.1. The number of benzene rings is 3. The fourth-order valence-electron chi connectivity index (χ4n) is 2.79. The number of hydrogen-bond acceptors (Lipinski definition) is 3. The van der Waals surface area contributed by atoms with Gasteiger partial charge in [-0.15, -0.1) is 0 Å². The predicted octanol–water partition coefficient (Wildman–Crippen LogP) is 4.45. The van der Waals surface area contributed by atoms with Crippen molar-refractivity contribution < 1.29 is 18.7 Å². The van der Waals surface area contributed by atoms with Crippen molar-refractivity contribution in [2.75, 3.05) is 23.4 Å². The van der Waals surface area contributed by atoms with Crippen molar-refractivity contribution in [2.45, 2.75) is 6.92 Å². The fourth-order valence-corrected chi connectivity index (χ4v) is 2.79. The Balaban J connectivity index is 1.61. The quantitative estimate of drug-likeness (QED) is 0.646. The summed E-state index contributed by atoms with van der Waals surface area (Å²) in [5.41, 5.74) is 2.21. The Morgan fingerprint density at radius 3 is 2.03 bits per heavy atom. The van der Waals surface area contributed by atoms with Crippen molar-refractivity contribution in [2.24, 2.45) is 0 Å². The van der Waals surface area contributed by atoms with Gasteiger partial charge >= 0.3 is 0 Å². The first-order valence-corrected chi connectivity index (χ1v) is 9.11. The van der Waals surface area contributed by atoms with Gasteiger partial charge in [-0.3, -0.25) is 14.5 Å². The van der Waals surface area contributed by atoms with Gasteiger partial charge in [0, 0.05) is 11.4 Å². The Morgan fingerprint density at radius 2 is 1.48 bits per heavy atom. The molecule has 0 aliphatic rings. The second-order valence-corrected chi connectivity index (χ2v) is 6.42. The standard InChI is InChI=1S/C23H21FN2O3/c1-17-12-13-21(20(24)14-17)25-22(27)15-29-16-23(28)26(18-8-4-2-5-9-18)19-10-6-3-7-11-19/h2-14H,15-16H2,1H3,(H,25,27). The third-order valence-corrected chi connectivity index (χ3v) is 4.14. The van der Waals surface area contributed by atoms with Crippen LogP contribution in [0.3, 0.4) is 0 Å². The smallest absolute Gasteiger partial charge is 0.257 e. The van der Waals surface area contributed by atoms with Gasteiger partial charge in [-0.2, -0.15) is 0 Å². The lowest BCUT2D eigenvalue weighted by Gasteiger charge is -2.23. The molecule has 0 aliphatic carbocycles. The van der Waals surface area contributed by atoms with Crippen molar-refractivity contribution in [3.05, 3.63) is 90.2 Å². The van der Waals surface area contributed by atoms with Crippen LogP contribution >= 0.6 is 0 Å². The van der Waals surface area contributed by atoms with Crippen LogP contribution in [0.4, 0.5) is 21.5 Å².